The quantitative estimate of drug-likeness (QED) is 0.516. The van der Waals surface area contributed by atoms with Gasteiger partial charge in [-0.3, -0.25) is 0 Å². The van der Waals surface area contributed by atoms with Crippen LogP contribution in [0, 0.1) is 5.92 Å². The largest absolute Gasteiger partial charge is 0.382 e. The molecule has 0 spiro atoms. The summed E-state index contributed by atoms with van der Waals surface area (Å²) in [6.45, 7) is 10.4. The molecule has 90 valence electrons. The van der Waals surface area contributed by atoms with Gasteiger partial charge in [-0.1, -0.05) is 45.3 Å². The van der Waals surface area contributed by atoms with Crippen LogP contribution in [0.2, 0.25) is 19.6 Å². The van der Waals surface area contributed by atoms with Crippen molar-refractivity contribution in [1.29, 1.82) is 0 Å². The van der Waals surface area contributed by atoms with Gasteiger partial charge in [-0.15, -0.1) is 0 Å². The van der Waals surface area contributed by atoms with Crippen molar-refractivity contribution >= 4 is 8.07 Å². The Labute approximate surface area is 96.6 Å². The number of ether oxygens (including phenoxy) is 1. The summed E-state index contributed by atoms with van der Waals surface area (Å²) in [7, 11) is -1.14. The lowest BCUT2D eigenvalue weighted by molar-refractivity contribution is 0.0634. The number of rotatable bonds is 4. The minimum atomic E-state index is -1.14. The lowest BCUT2D eigenvalue weighted by Crippen LogP contribution is -2.45. The van der Waals surface area contributed by atoms with Crippen molar-refractivity contribution in [2.24, 2.45) is 5.92 Å². The molecule has 1 aliphatic rings. The van der Waals surface area contributed by atoms with E-state index in [4.69, 9.17) is 4.74 Å². The maximum atomic E-state index is 6.06. The van der Waals surface area contributed by atoms with Gasteiger partial charge in [0.1, 0.15) is 0 Å². The first-order chi connectivity index (χ1) is 7.05. The van der Waals surface area contributed by atoms with E-state index in [0.717, 1.165) is 12.5 Å². The minimum Gasteiger partial charge on any atom is -0.382 e. The Hall–Kier alpha value is 0.177. The second kappa shape index (κ2) is 6.05. The molecule has 1 fully saturated rings. The first-order valence-corrected chi connectivity index (χ1v) is 10.2. The summed E-state index contributed by atoms with van der Waals surface area (Å²) in [5.41, 5.74) is 0.598. The SMILES string of the molecule is CCOC(C1CCCCCC1)[Si](C)(C)C. The molecular weight excluding hydrogens is 200 g/mol. The molecule has 0 aromatic carbocycles. The molecule has 0 heterocycles. The molecule has 1 aliphatic carbocycles. The Balaban J connectivity index is 2.60. The number of hydrogen-bond donors (Lipinski definition) is 0. The van der Waals surface area contributed by atoms with Crippen LogP contribution in [0.5, 0.6) is 0 Å². The summed E-state index contributed by atoms with van der Waals surface area (Å²) < 4.78 is 6.06. The fourth-order valence-corrected chi connectivity index (χ4v) is 5.30. The molecule has 0 aliphatic heterocycles. The van der Waals surface area contributed by atoms with Gasteiger partial charge in [0.2, 0.25) is 0 Å². The van der Waals surface area contributed by atoms with E-state index in [0.29, 0.717) is 5.73 Å². The molecule has 1 atom stereocenters. The lowest BCUT2D eigenvalue weighted by atomic mass is 10.0. The lowest BCUT2D eigenvalue weighted by Gasteiger charge is -2.35. The zero-order valence-electron chi connectivity index (χ0n) is 11.0. The number of hydrogen-bond acceptors (Lipinski definition) is 1. The van der Waals surface area contributed by atoms with E-state index < -0.39 is 8.07 Å². The Bertz CT molecular complexity index is 166. The van der Waals surface area contributed by atoms with Crippen molar-refractivity contribution in [2.45, 2.75) is 70.8 Å². The summed E-state index contributed by atoms with van der Waals surface area (Å²) in [4.78, 5) is 0. The molecule has 2 heteroatoms. The highest BCUT2D eigenvalue weighted by atomic mass is 28.3. The molecular formula is C13H28OSi. The second-order valence-electron chi connectivity index (χ2n) is 5.99. The van der Waals surface area contributed by atoms with Crippen LogP contribution >= 0.6 is 0 Å². The first-order valence-electron chi connectivity index (χ1n) is 6.67. The molecule has 0 bridgehead atoms. The van der Waals surface area contributed by atoms with E-state index in [2.05, 4.69) is 26.6 Å². The van der Waals surface area contributed by atoms with Crippen LogP contribution in [0.3, 0.4) is 0 Å². The predicted octanol–water partition coefficient (Wildman–Crippen LogP) is 4.24. The van der Waals surface area contributed by atoms with Crippen molar-refractivity contribution in [3.63, 3.8) is 0 Å². The van der Waals surface area contributed by atoms with Gasteiger partial charge < -0.3 is 4.74 Å². The standard InChI is InChI=1S/C13H28OSi/c1-5-14-13(15(2,3)4)12-10-8-6-7-9-11-12/h12-13H,5-11H2,1-4H3. The van der Waals surface area contributed by atoms with Gasteiger partial charge in [-0.2, -0.15) is 0 Å². The Morgan fingerprint density at radius 3 is 2.00 bits per heavy atom. The molecule has 1 unspecified atom stereocenters. The van der Waals surface area contributed by atoms with Crippen molar-refractivity contribution < 1.29 is 4.74 Å². The second-order valence-corrected chi connectivity index (χ2v) is 11.3. The highest BCUT2D eigenvalue weighted by Crippen LogP contribution is 2.31. The highest BCUT2D eigenvalue weighted by Gasteiger charge is 2.34. The Morgan fingerprint density at radius 1 is 1.07 bits per heavy atom. The third-order valence-electron chi connectivity index (χ3n) is 3.53. The topological polar surface area (TPSA) is 9.23 Å². The Morgan fingerprint density at radius 2 is 1.60 bits per heavy atom. The monoisotopic (exact) mass is 228 g/mol. The average Bonchev–Trinajstić information content (AvgIpc) is 2.40. The van der Waals surface area contributed by atoms with Gasteiger partial charge in [-0.25, -0.2) is 0 Å². The predicted molar refractivity (Wildman–Crippen MR) is 70.0 cm³/mol. The van der Waals surface area contributed by atoms with E-state index in [1.54, 1.807) is 0 Å². The molecule has 1 saturated carbocycles. The molecule has 1 rings (SSSR count). The third-order valence-corrected chi connectivity index (χ3v) is 5.87. The van der Waals surface area contributed by atoms with E-state index in [9.17, 15) is 0 Å². The van der Waals surface area contributed by atoms with Crippen LogP contribution < -0.4 is 0 Å². The molecule has 0 amide bonds. The molecule has 0 aromatic heterocycles. The molecule has 1 nitrogen and oxygen atoms in total. The van der Waals surface area contributed by atoms with Crippen LogP contribution in [-0.2, 0) is 4.74 Å². The molecule has 15 heavy (non-hydrogen) atoms. The molecule has 0 radical (unpaired) electrons. The van der Waals surface area contributed by atoms with Gasteiger partial charge in [0, 0.05) is 6.61 Å². The van der Waals surface area contributed by atoms with Gasteiger partial charge >= 0.3 is 0 Å². The van der Waals surface area contributed by atoms with Crippen LogP contribution in [0.15, 0.2) is 0 Å². The van der Waals surface area contributed by atoms with E-state index in [-0.39, 0.29) is 0 Å². The van der Waals surface area contributed by atoms with Gasteiger partial charge in [0.25, 0.3) is 0 Å². The summed E-state index contributed by atoms with van der Waals surface area (Å²) >= 11 is 0. The normalized spacial score (nSPS) is 22.4. The van der Waals surface area contributed by atoms with Crippen LogP contribution in [-0.4, -0.2) is 20.4 Å². The maximum absolute atomic E-state index is 6.06. The zero-order valence-corrected chi connectivity index (χ0v) is 12.0. The van der Waals surface area contributed by atoms with Crippen LogP contribution in [0.4, 0.5) is 0 Å². The van der Waals surface area contributed by atoms with Crippen molar-refractivity contribution in [1.82, 2.24) is 0 Å². The van der Waals surface area contributed by atoms with Crippen molar-refractivity contribution in [3.8, 4) is 0 Å². The average molecular weight is 228 g/mol. The Kier molecular flexibility index (Phi) is 5.34. The molecule has 0 saturated heterocycles. The fraction of sp³-hybridized carbons (Fsp3) is 1.00. The minimum absolute atomic E-state index is 0.598. The zero-order chi connectivity index (χ0) is 11.3. The smallest absolute Gasteiger partial charge is 0.0788 e. The highest BCUT2D eigenvalue weighted by molar-refractivity contribution is 6.77. The van der Waals surface area contributed by atoms with Crippen molar-refractivity contribution in [2.75, 3.05) is 6.61 Å². The fourth-order valence-electron chi connectivity index (χ4n) is 2.89. The summed E-state index contributed by atoms with van der Waals surface area (Å²) in [5.74, 6) is 0.860. The van der Waals surface area contributed by atoms with E-state index in [1.807, 2.05) is 0 Å². The van der Waals surface area contributed by atoms with Crippen molar-refractivity contribution in [3.05, 3.63) is 0 Å². The first kappa shape index (κ1) is 13.2. The molecule has 0 aromatic rings. The van der Waals surface area contributed by atoms with Gasteiger partial charge in [0.05, 0.1) is 13.8 Å². The van der Waals surface area contributed by atoms with Crippen LogP contribution in [0.1, 0.15) is 45.4 Å². The van der Waals surface area contributed by atoms with E-state index >= 15 is 0 Å². The third kappa shape index (κ3) is 4.27. The maximum Gasteiger partial charge on any atom is 0.0788 e. The molecule has 0 N–H and O–H groups in total. The summed E-state index contributed by atoms with van der Waals surface area (Å²) in [6, 6.07) is 0. The van der Waals surface area contributed by atoms with Crippen LogP contribution in [0.25, 0.3) is 0 Å². The van der Waals surface area contributed by atoms with E-state index in [1.165, 1.54) is 38.5 Å². The van der Waals surface area contributed by atoms with Gasteiger partial charge in [0.15, 0.2) is 0 Å². The summed E-state index contributed by atoms with van der Waals surface area (Å²) in [5, 5.41) is 0. The van der Waals surface area contributed by atoms with Gasteiger partial charge in [-0.05, 0) is 25.7 Å². The summed E-state index contributed by atoms with van der Waals surface area (Å²) in [6.07, 6.45) is 8.57.